The zero-order chi connectivity index (χ0) is 18.2. The van der Waals surface area contributed by atoms with Gasteiger partial charge in [0, 0.05) is 17.3 Å². The van der Waals surface area contributed by atoms with Gasteiger partial charge in [0.25, 0.3) is 0 Å². The number of aromatic nitrogens is 1. The number of nitrogens with zero attached hydrogens (tertiary/aromatic N) is 1. The summed E-state index contributed by atoms with van der Waals surface area (Å²) < 4.78 is 11.1. The molecule has 0 aliphatic heterocycles. The van der Waals surface area contributed by atoms with Crippen LogP contribution in [0.3, 0.4) is 0 Å². The molecule has 0 spiro atoms. The van der Waals surface area contributed by atoms with E-state index in [0.717, 1.165) is 24.0 Å². The zero-order valence-corrected chi connectivity index (χ0v) is 14.8. The van der Waals surface area contributed by atoms with Crippen molar-refractivity contribution < 1.29 is 14.3 Å². The number of benzene rings is 2. The third-order valence-electron chi connectivity index (χ3n) is 3.92. The fourth-order valence-corrected chi connectivity index (χ4v) is 2.58. The number of pyridine rings is 1. The Morgan fingerprint density at radius 3 is 2.65 bits per heavy atom. The first kappa shape index (κ1) is 17.7. The largest absolute Gasteiger partial charge is 0.494 e. The summed E-state index contributed by atoms with van der Waals surface area (Å²) in [6.07, 6.45) is 4.49. The minimum Gasteiger partial charge on any atom is -0.494 e. The van der Waals surface area contributed by atoms with Crippen LogP contribution in [-0.2, 0) is 0 Å². The lowest BCUT2D eigenvalue weighted by Gasteiger charge is -2.09. The summed E-state index contributed by atoms with van der Waals surface area (Å²) in [5.41, 5.74) is 1.30. The first-order valence-electron chi connectivity index (χ1n) is 8.81. The molecule has 3 aromatic rings. The molecule has 1 heterocycles. The number of anilines is 1. The first-order chi connectivity index (χ1) is 12.8. The summed E-state index contributed by atoms with van der Waals surface area (Å²) in [6.45, 7) is 2.87. The van der Waals surface area contributed by atoms with Crippen LogP contribution in [0.2, 0.25) is 0 Å². The van der Waals surface area contributed by atoms with E-state index >= 15 is 0 Å². The standard InChI is InChI=1S/C21H22N2O3/c1-2-3-4-15-25-18-12-10-17(11-13-18)23-21(24)26-19-9-5-7-16-8-6-14-22-20(16)19/h5-14H,2-4,15H2,1H3,(H,23,24). The fourth-order valence-electron chi connectivity index (χ4n) is 2.58. The predicted octanol–water partition coefficient (Wildman–Crippen LogP) is 5.41. The van der Waals surface area contributed by atoms with E-state index in [9.17, 15) is 4.79 Å². The highest BCUT2D eigenvalue weighted by atomic mass is 16.6. The topological polar surface area (TPSA) is 60.5 Å². The maximum absolute atomic E-state index is 12.2. The smallest absolute Gasteiger partial charge is 0.417 e. The number of unbranched alkanes of at least 4 members (excludes halogenated alkanes) is 2. The molecule has 2 aromatic carbocycles. The Morgan fingerprint density at radius 1 is 1.04 bits per heavy atom. The Labute approximate surface area is 153 Å². The molecule has 0 aliphatic rings. The van der Waals surface area contributed by atoms with E-state index in [0.29, 0.717) is 23.6 Å². The van der Waals surface area contributed by atoms with Gasteiger partial charge in [0.2, 0.25) is 0 Å². The summed E-state index contributed by atoms with van der Waals surface area (Å²) in [5.74, 6) is 1.22. The number of hydrogen-bond acceptors (Lipinski definition) is 4. The van der Waals surface area contributed by atoms with Crippen LogP contribution in [0.15, 0.2) is 60.8 Å². The highest BCUT2D eigenvalue weighted by molar-refractivity contribution is 5.91. The number of ether oxygens (including phenoxy) is 2. The van der Waals surface area contributed by atoms with Crippen molar-refractivity contribution in [1.29, 1.82) is 0 Å². The quantitative estimate of drug-likeness (QED) is 0.578. The number of carbonyl (C=O) groups excluding carboxylic acids is 1. The van der Waals surface area contributed by atoms with E-state index in [1.54, 1.807) is 24.4 Å². The summed E-state index contributed by atoms with van der Waals surface area (Å²) in [6, 6.07) is 16.5. The van der Waals surface area contributed by atoms with Crippen molar-refractivity contribution >= 4 is 22.7 Å². The van der Waals surface area contributed by atoms with Crippen LogP contribution in [0.25, 0.3) is 10.9 Å². The molecule has 1 amide bonds. The number of nitrogens with one attached hydrogen (secondary N) is 1. The molecule has 0 saturated carbocycles. The Bertz CT molecular complexity index is 857. The molecule has 5 heteroatoms. The Balaban J connectivity index is 1.57. The average molecular weight is 350 g/mol. The molecule has 0 saturated heterocycles. The number of carbonyl (C=O) groups is 1. The molecular weight excluding hydrogens is 328 g/mol. The lowest BCUT2D eigenvalue weighted by atomic mass is 10.2. The van der Waals surface area contributed by atoms with Gasteiger partial charge in [-0.2, -0.15) is 0 Å². The minimum atomic E-state index is -0.556. The van der Waals surface area contributed by atoms with Gasteiger partial charge in [-0.15, -0.1) is 0 Å². The maximum Gasteiger partial charge on any atom is 0.417 e. The van der Waals surface area contributed by atoms with E-state index in [1.807, 2.05) is 36.4 Å². The SMILES string of the molecule is CCCCCOc1ccc(NC(=O)Oc2cccc3cccnc23)cc1. The fraction of sp³-hybridized carbons (Fsp3) is 0.238. The van der Waals surface area contributed by atoms with E-state index in [2.05, 4.69) is 17.2 Å². The second-order valence-corrected chi connectivity index (χ2v) is 5.93. The molecule has 134 valence electrons. The first-order valence-corrected chi connectivity index (χ1v) is 8.81. The van der Waals surface area contributed by atoms with Gasteiger partial charge in [-0.25, -0.2) is 4.79 Å². The van der Waals surface area contributed by atoms with E-state index in [-0.39, 0.29) is 0 Å². The summed E-state index contributed by atoms with van der Waals surface area (Å²) in [5, 5.41) is 3.63. The van der Waals surface area contributed by atoms with Crippen molar-refractivity contribution in [2.45, 2.75) is 26.2 Å². The molecule has 5 nitrogen and oxygen atoms in total. The Kier molecular flexibility index (Phi) is 6.04. The van der Waals surface area contributed by atoms with Crippen LogP contribution in [-0.4, -0.2) is 17.7 Å². The minimum absolute atomic E-state index is 0.427. The van der Waals surface area contributed by atoms with Crippen molar-refractivity contribution in [1.82, 2.24) is 4.98 Å². The molecule has 0 radical (unpaired) electrons. The molecule has 26 heavy (non-hydrogen) atoms. The number of hydrogen-bond donors (Lipinski definition) is 1. The number of amides is 1. The third kappa shape index (κ3) is 4.72. The molecule has 1 aromatic heterocycles. The zero-order valence-electron chi connectivity index (χ0n) is 14.8. The molecule has 1 N–H and O–H groups in total. The van der Waals surface area contributed by atoms with Crippen molar-refractivity contribution in [2.75, 3.05) is 11.9 Å². The molecule has 0 bridgehead atoms. The lowest BCUT2D eigenvalue weighted by Crippen LogP contribution is -2.16. The van der Waals surface area contributed by atoms with Crippen molar-refractivity contribution in [3.63, 3.8) is 0 Å². The number of rotatable bonds is 7. The van der Waals surface area contributed by atoms with Gasteiger partial charge in [0.15, 0.2) is 5.75 Å². The van der Waals surface area contributed by atoms with Crippen molar-refractivity contribution in [3.8, 4) is 11.5 Å². The van der Waals surface area contributed by atoms with E-state index in [1.165, 1.54) is 6.42 Å². The van der Waals surface area contributed by atoms with Crippen LogP contribution >= 0.6 is 0 Å². The van der Waals surface area contributed by atoms with Gasteiger partial charge in [-0.1, -0.05) is 38.0 Å². The summed E-state index contributed by atoms with van der Waals surface area (Å²) >= 11 is 0. The second kappa shape index (κ2) is 8.85. The van der Waals surface area contributed by atoms with Gasteiger partial charge < -0.3 is 9.47 Å². The van der Waals surface area contributed by atoms with Gasteiger partial charge in [-0.3, -0.25) is 10.3 Å². The van der Waals surface area contributed by atoms with Crippen LogP contribution in [0.5, 0.6) is 11.5 Å². The molecule has 0 unspecified atom stereocenters. The monoisotopic (exact) mass is 350 g/mol. The molecule has 3 rings (SSSR count). The average Bonchev–Trinajstić information content (AvgIpc) is 2.67. The molecule has 0 aliphatic carbocycles. The van der Waals surface area contributed by atoms with Crippen LogP contribution in [0.4, 0.5) is 10.5 Å². The van der Waals surface area contributed by atoms with Crippen LogP contribution < -0.4 is 14.8 Å². The number of para-hydroxylation sites is 1. The molecular formula is C21H22N2O3. The highest BCUT2D eigenvalue weighted by Crippen LogP contribution is 2.23. The van der Waals surface area contributed by atoms with Gasteiger partial charge in [0.05, 0.1) is 6.61 Å². The molecule has 0 fully saturated rings. The predicted molar refractivity (Wildman–Crippen MR) is 103 cm³/mol. The number of fused-ring (bicyclic) bond motifs is 1. The molecule has 0 atom stereocenters. The van der Waals surface area contributed by atoms with E-state index < -0.39 is 6.09 Å². The van der Waals surface area contributed by atoms with Crippen molar-refractivity contribution in [3.05, 3.63) is 60.8 Å². The van der Waals surface area contributed by atoms with Gasteiger partial charge in [0.1, 0.15) is 11.3 Å². The summed E-state index contributed by atoms with van der Waals surface area (Å²) in [7, 11) is 0. The van der Waals surface area contributed by atoms with Crippen molar-refractivity contribution in [2.24, 2.45) is 0 Å². The third-order valence-corrected chi connectivity index (χ3v) is 3.92. The van der Waals surface area contributed by atoms with Crippen LogP contribution in [0.1, 0.15) is 26.2 Å². The van der Waals surface area contributed by atoms with Gasteiger partial charge in [-0.05, 0) is 42.8 Å². The van der Waals surface area contributed by atoms with Crippen LogP contribution in [0, 0.1) is 0 Å². The highest BCUT2D eigenvalue weighted by Gasteiger charge is 2.09. The second-order valence-electron chi connectivity index (χ2n) is 5.93. The Morgan fingerprint density at radius 2 is 1.85 bits per heavy atom. The van der Waals surface area contributed by atoms with E-state index in [4.69, 9.17) is 9.47 Å². The Hall–Kier alpha value is -3.08. The normalized spacial score (nSPS) is 10.5. The van der Waals surface area contributed by atoms with Gasteiger partial charge >= 0.3 is 6.09 Å². The lowest BCUT2D eigenvalue weighted by molar-refractivity contribution is 0.215. The maximum atomic E-state index is 12.2. The summed E-state index contributed by atoms with van der Waals surface area (Å²) in [4.78, 5) is 16.4.